The Balaban J connectivity index is 1.93. The van der Waals surface area contributed by atoms with Crippen LogP contribution in [0.25, 0.3) is 6.08 Å². The molecule has 0 saturated carbocycles. The number of halogens is 3. The van der Waals surface area contributed by atoms with Crippen LogP contribution in [-0.4, -0.2) is 32.7 Å². The van der Waals surface area contributed by atoms with Crippen LogP contribution in [0.15, 0.2) is 47.1 Å². The quantitative estimate of drug-likeness (QED) is 0.525. The second kappa shape index (κ2) is 8.26. The van der Waals surface area contributed by atoms with E-state index in [-0.39, 0.29) is 17.3 Å². The molecule has 0 radical (unpaired) electrons. The zero-order valence-corrected chi connectivity index (χ0v) is 15.5. The van der Waals surface area contributed by atoms with Gasteiger partial charge in [-0.15, -0.1) is 0 Å². The molecule has 0 fully saturated rings. The number of carbonyl (C=O) groups excluding carboxylic acids is 1. The van der Waals surface area contributed by atoms with Gasteiger partial charge in [-0.1, -0.05) is 17.7 Å². The van der Waals surface area contributed by atoms with Gasteiger partial charge in [-0.05, 0) is 42.0 Å². The maximum Gasteiger partial charge on any atom is 0.387 e. The molecule has 0 N–H and O–H groups in total. The van der Waals surface area contributed by atoms with E-state index in [1.54, 1.807) is 18.2 Å². The summed E-state index contributed by atoms with van der Waals surface area (Å²) in [6.07, 6.45) is 1.46. The van der Waals surface area contributed by atoms with E-state index in [4.69, 9.17) is 25.8 Å². The largest absolute Gasteiger partial charge is 0.493 e. The topological polar surface area (TPSA) is 66.3 Å². The number of aliphatic imine (C=N–C) groups is 1. The fourth-order valence-electron chi connectivity index (χ4n) is 2.52. The van der Waals surface area contributed by atoms with Crippen LogP contribution in [0.3, 0.4) is 0 Å². The van der Waals surface area contributed by atoms with Gasteiger partial charge < -0.3 is 18.9 Å². The van der Waals surface area contributed by atoms with E-state index < -0.39 is 12.6 Å². The number of esters is 1. The minimum atomic E-state index is -2.96. The van der Waals surface area contributed by atoms with Gasteiger partial charge in [0.05, 0.1) is 19.2 Å². The van der Waals surface area contributed by atoms with Gasteiger partial charge in [-0.3, -0.25) is 0 Å². The van der Waals surface area contributed by atoms with Crippen molar-refractivity contribution in [3.8, 4) is 17.2 Å². The fourth-order valence-corrected chi connectivity index (χ4v) is 2.81. The number of alkyl halides is 2. The van der Waals surface area contributed by atoms with Crippen LogP contribution in [0.1, 0.15) is 11.1 Å². The van der Waals surface area contributed by atoms with Crippen LogP contribution in [0, 0.1) is 0 Å². The Morgan fingerprint density at radius 2 is 1.96 bits per heavy atom. The summed E-state index contributed by atoms with van der Waals surface area (Å²) in [5.74, 6) is -0.0476. The first kappa shape index (κ1) is 19.6. The number of ether oxygens (including phenoxy) is 4. The van der Waals surface area contributed by atoms with Crippen LogP contribution in [-0.2, 0) is 9.53 Å². The Morgan fingerprint density at radius 1 is 1.18 bits per heavy atom. The van der Waals surface area contributed by atoms with Gasteiger partial charge >= 0.3 is 12.6 Å². The minimum Gasteiger partial charge on any atom is -0.493 e. The summed E-state index contributed by atoms with van der Waals surface area (Å²) in [5, 5.41) is 0.293. The molecule has 146 valence electrons. The van der Waals surface area contributed by atoms with E-state index >= 15 is 0 Å². The first-order chi connectivity index (χ1) is 13.4. The van der Waals surface area contributed by atoms with Crippen molar-refractivity contribution in [2.24, 2.45) is 4.99 Å². The first-order valence-corrected chi connectivity index (χ1v) is 8.28. The molecule has 1 heterocycles. The van der Waals surface area contributed by atoms with Crippen molar-refractivity contribution in [3.63, 3.8) is 0 Å². The molecule has 1 aliphatic heterocycles. The number of cyclic esters (lactones) is 1. The summed E-state index contributed by atoms with van der Waals surface area (Å²) in [7, 11) is 2.91. The zero-order chi connectivity index (χ0) is 20.3. The number of rotatable bonds is 6. The molecular weight excluding hydrogens is 396 g/mol. The summed E-state index contributed by atoms with van der Waals surface area (Å²) >= 11 is 6.16. The normalized spacial score (nSPS) is 14.9. The maximum absolute atomic E-state index is 12.4. The summed E-state index contributed by atoms with van der Waals surface area (Å²) < 4.78 is 44.6. The van der Waals surface area contributed by atoms with Gasteiger partial charge in [0.2, 0.25) is 5.90 Å². The van der Waals surface area contributed by atoms with Crippen LogP contribution in [0.5, 0.6) is 17.2 Å². The van der Waals surface area contributed by atoms with E-state index in [1.165, 1.54) is 38.5 Å². The Bertz CT molecular complexity index is 975. The molecule has 0 amide bonds. The van der Waals surface area contributed by atoms with Crippen molar-refractivity contribution in [3.05, 3.63) is 58.2 Å². The third kappa shape index (κ3) is 4.23. The highest BCUT2D eigenvalue weighted by atomic mass is 35.5. The first-order valence-electron chi connectivity index (χ1n) is 7.90. The lowest BCUT2D eigenvalue weighted by atomic mass is 10.1. The summed E-state index contributed by atoms with van der Waals surface area (Å²) in [6, 6.07) is 8.90. The predicted octanol–water partition coefficient (Wildman–Crippen LogP) is 4.30. The Morgan fingerprint density at radius 3 is 2.64 bits per heavy atom. The van der Waals surface area contributed by atoms with Crippen molar-refractivity contribution < 1.29 is 32.5 Å². The molecule has 0 saturated heterocycles. The highest BCUT2D eigenvalue weighted by Crippen LogP contribution is 2.37. The molecule has 0 aliphatic carbocycles. The average Bonchev–Trinajstić information content (AvgIpc) is 3.01. The number of methoxy groups -OCH3 is 2. The van der Waals surface area contributed by atoms with Crippen molar-refractivity contribution >= 4 is 29.5 Å². The lowest BCUT2D eigenvalue weighted by Crippen LogP contribution is -2.07. The molecule has 2 aromatic rings. The summed E-state index contributed by atoms with van der Waals surface area (Å²) in [6.45, 7) is -2.96. The average molecular weight is 410 g/mol. The molecule has 0 atom stereocenters. The third-order valence-electron chi connectivity index (χ3n) is 3.69. The smallest absolute Gasteiger partial charge is 0.387 e. The molecule has 0 aromatic heterocycles. The molecule has 0 spiro atoms. The molecule has 1 aliphatic rings. The third-order valence-corrected chi connectivity index (χ3v) is 3.97. The van der Waals surface area contributed by atoms with Crippen LogP contribution < -0.4 is 14.2 Å². The number of carbonyl (C=O) groups is 1. The van der Waals surface area contributed by atoms with Gasteiger partial charge in [-0.2, -0.15) is 8.78 Å². The lowest BCUT2D eigenvalue weighted by molar-refractivity contribution is -0.129. The minimum absolute atomic E-state index is 0.0125. The monoisotopic (exact) mass is 409 g/mol. The lowest BCUT2D eigenvalue weighted by Gasteiger charge is -2.10. The Kier molecular flexibility index (Phi) is 5.79. The number of benzene rings is 2. The number of nitrogens with zero attached hydrogens (tertiary/aromatic N) is 1. The van der Waals surface area contributed by atoms with Crippen molar-refractivity contribution in [1.29, 1.82) is 0 Å². The van der Waals surface area contributed by atoms with Gasteiger partial charge in [0, 0.05) is 5.56 Å². The van der Waals surface area contributed by atoms with Gasteiger partial charge in [-0.25, -0.2) is 9.79 Å². The van der Waals surface area contributed by atoms with E-state index in [9.17, 15) is 13.6 Å². The number of hydrogen-bond donors (Lipinski definition) is 0. The number of hydrogen-bond acceptors (Lipinski definition) is 6. The SMILES string of the molecule is COc1cc(/C=C2/N=C(c3cccc(OC(F)F)c3)OC2=O)cc(Cl)c1OC. The van der Waals surface area contributed by atoms with Crippen LogP contribution in [0.2, 0.25) is 5.02 Å². The molecular formula is C19H14ClF2NO5. The Labute approximate surface area is 163 Å². The summed E-state index contributed by atoms with van der Waals surface area (Å²) in [5.41, 5.74) is 0.869. The molecule has 0 unspecified atom stereocenters. The molecule has 3 rings (SSSR count). The second-order valence-electron chi connectivity index (χ2n) is 5.48. The van der Waals surface area contributed by atoms with Crippen molar-refractivity contribution in [1.82, 2.24) is 0 Å². The highest BCUT2D eigenvalue weighted by Gasteiger charge is 2.25. The molecule has 2 aromatic carbocycles. The van der Waals surface area contributed by atoms with Gasteiger partial charge in [0.25, 0.3) is 0 Å². The Hall–Kier alpha value is -3.13. The second-order valence-corrected chi connectivity index (χ2v) is 5.89. The van der Waals surface area contributed by atoms with E-state index in [2.05, 4.69) is 9.73 Å². The fraction of sp³-hybridized carbons (Fsp3) is 0.158. The predicted molar refractivity (Wildman–Crippen MR) is 98.2 cm³/mol. The van der Waals surface area contributed by atoms with Gasteiger partial charge in [0.1, 0.15) is 5.75 Å². The van der Waals surface area contributed by atoms with E-state index in [0.29, 0.717) is 27.6 Å². The zero-order valence-electron chi connectivity index (χ0n) is 14.7. The van der Waals surface area contributed by atoms with E-state index in [0.717, 1.165) is 0 Å². The molecule has 0 bridgehead atoms. The highest BCUT2D eigenvalue weighted by molar-refractivity contribution is 6.32. The van der Waals surface area contributed by atoms with Crippen LogP contribution in [0.4, 0.5) is 8.78 Å². The van der Waals surface area contributed by atoms with Crippen molar-refractivity contribution in [2.45, 2.75) is 6.61 Å². The standard InChI is InChI=1S/C19H14ClF2NO5/c1-25-15-8-10(6-13(20)16(15)26-2)7-14-18(24)28-17(23-14)11-4-3-5-12(9-11)27-19(21)22/h3-9,19H,1-2H3/b14-7+. The summed E-state index contributed by atoms with van der Waals surface area (Å²) in [4.78, 5) is 16.3. The van der Waals surface area contributed by atoms with Gasteiger partial charge in [0.15, 0.2) is 17.2 Å². The van der Waals surface area contributed by atoms with Crippen molar-refractivity contribution in [2.75, 3.05) is 14.2 Å². The molecule has 9 heteroatoms. The molecule has 6 nitrogen and oxygen atoms in total. The molecule has 28 heavy (non-hydrogen) atoms. The van der Waals surface area contributed by atoms with E-state index in [1.807, 2.05) is 0 Å². The maximum atomic E-state index is 12.4. The van der Waals surface area contributed by atoms with Crippen LogP contribution >= 0.6 is 11.6 Å².